The molecule has 0 saturated heterocycles. The van der Waals surface area contributed by atoms with Crippen molar-refractivity contribution in [3.63, 3.8) is 0 Å². The molecule has 3 aliphatic carbocycles. The van der Waals surface area contributed by atoms with Crippen LogP contribution in [0.4, 0.5) is 17.1 Å². The van der Waals surface area contributed by atoms with Gasteiger partial charge in [-0.15, -0.1) is 0 Å². The van der Waals surface area contributed by atoms with Crippen molar-refractivity contribution >= 4 is 39.0 Å². The standard InChI is InChI=1S/C58H39NO/c1-57(2)45-24-9-6-21-42(45)55-41(23-15-28-50(55)57)40-20-7-13-29-51(40)59(52-30-16-32-54-56(52)43-22-8-14-31-53(43)60-54)36-33-34-49-44(35-36)39-19-5-12-27-48(39)58(49)46-25-10-3-17-37(46)38-18-4-11-26-47(38)58/h3-35H,1-2H3. The van der Waals surface area contributed by atoms with Crippen LogP contribution >= 0.6 is 0 Å². The third kappa shape index (κ3) is 4.22. The predicted octanol–water partition coefficient (Wildman–Crippen LogP) is 15.4. The molecule has 0 aliphatic heterocycles. The van der Waals surface area contributed by atoms with Gasteiger partial charge in [-0.25, -0.2) is 0 Å². The Labute approximate surface area is 349 Å². The van der Waals surface area contributed by atoms with Gasteiger partial charge in [0.25, 0.3) is 0 Å². The van der Waals surface area contributed by atoms with Crippen LogP contribution in [0.2, 0.25) is 0 Å². The van der Waals surface area contributed by atoms with Crippen LogP contribution in [0.5, 0.6) is 0 Å². The van der Waals surface area contributed by atoms with Crippen molar-refractivity contribution in [1.82, 2.24) is 0 Å². The molecule has 13 rings (SSSR count). The Hall–Kier alpha value is -7.42. The number of rotatable bonds is 4. The van der Waals surface area contributed by atoms with Crippen LogP contribution in [0.15, 0.2) is 205 Å². The maximum Gasteiger partial charge on any atom is 0.137 e. The maximum atomic E-state index is 6.58. The molecule has 0 unspecified atom stereocenters. The summed E-state index contributed by atoms with van der Waals surface area (Å²) in [4.78, 5) is 2.50. The van der Waals surface area contributed by atoms with E-state index in [1.165, 1.54) is 77.9 Å². The van der Waals surface area contributed by atoms with Crippen LogP contribution in [0, 0.1) is 0 Å². The monoisotopic (exact) mass is 765 g/mol. The quantitative estimate of drug-likeness (QED) is 0.177. The molecule has 0 radical (unpaired) electrons. The first-order valence-electron chi connectivity index (χ1n) is 21.0. The Balaban J connectivity index is 1.11. The molecule has 2 heteroatoms. The molecule has 2 nitrogen and oxygen atoms in total. The SMILES string of the molecule is CC1(C)c2ccccc2-c2c(-c3ccccc3N(c3ccc4c(c3)-c3ccccc3C43c4ccccc4-c4ccccc43)c3cccc4oc5ccccc5c34)cccc21. The summed E-state index contributed by atoms with van der Waals surface area (Å²) in [6, 6.07) is 74.2. The van der Waals surface area contributed by atoms with Gasteiger partial charge in [0.05, 0.1) is 22.2 Å². The van der Waals surface area contributed by atoms with Gasteiger partial charge in [-0.1, -0.05) is 178 Å². The Kier molecular flexibility index (Phi) is 6.74. The van der Waals surface area contributed by atoms with Gasteiger partial charge in [0, 0.05) is 22.1 Å². The second-order valence-corrected chi connectivity index (χ2v) is 17.1. The Morgan fingerprint density at radius 1 is 0.367 bits per heavy atom. The van der Waals surface area contributed by atoms with Crippen molar-refractivity contribution in [3.05, 3.63) is 234 Å². The Morgan fingerprint density at radius 3 is 1.60 bits per heavy atom. The van der Waals surface area contributed by atoms with Gasteiger partial charge < -0.3 is 9.32 Å². The lowest BCUT2D eigenvalue weighted by molar-refractivity contribution is 0.660. The third-order valence-electron chi connectivity index (χ3n) is 13.9. The summed E-state index contributed by atoms with van der Waals surface area (Å²) >= 11 is 0. The molecule has 10 aromatic rings. The first kappa shape index (κ1) is 33.5. The van der Waals surface area contributed by atoms with Crippen molar-refractivity contribution in [2.45, 2.75) is 24.7 Å². The Morgan fingerprint density at radius 2 is 0.867 bits per heavy atom. The van der Waals surface area contributed by atoms with Crippen LogP contribution in [-0.4, -0.2) is 0 Å². The van der Waals surface area contributed by atoms with Crippen LogP contribution in [0.1, 0.15) is 47.2 Å². The molecule has 0 fully saturated rings. The van der Waals surface area contributed by atoms with E-state index in [2.05, 4.69) is 219 Å². The lowest BCUT2D eigenvalue weighted by Crippen LogP contribution is -2.25. The van der Waals surface area contributed by atoms with E-state index in [1.807, 2.05) is 0 Å². The van der Waals surface area contributed by atoms with Crippen molar-refractivity contribution in [3.8, 4) is 44.5 Å². The molecule has 60 heavy (non-hydrogen) atoms. The first-order valence-corrected chi connectivity index (χ1v) is 21.0. The summed E-state index contributed by atoms with van der Waals surface area (Å²) in [6.45, 7) is 4.72. The molecule has 1 heterocycles. The highest BCUT2D eigenvalue weighted by molar-refractivity contribution is 6.14. The van der Waals surface area contributed by atoms with Gasteiger partial charge in [0.15, 0.2) is 0 Å². The smallest absolute Gasteiger partial charge is 0.137 e. The molecule has 3 aliphatic rings. The highest BCUT2D eigenvalue weighted by atomic mass is 16.3. The molecule has 0 amide bonds. The fourth-order valence-electron chi connectivity index (χ4n) is 11.5. The maximum absolute atomic E-state index is 6.58. The minimum absolute atomic E-state index is 0.112. The molecule has 0 bridgehead atoms. The van der Waals surface area contributed by atoms with E-state index in [9.17, 15) is 0 Å². The average Bonchev–Trinajstić information content (AvgIpc) is 3.99. The van der Waals surface area contributed by atoms with E-state index >= 15 is 0 Å². The predicted molar refractivity (Wildman–Crippen MR) is 248 cm³/mol. The lowest BCUT2D eigenvalue weighted by Gasteiger charge is -2.32. The number of furan rings is 1. The van der Waals surface area contributed by atoms with E-state index in [0.717, 1.165) is 39.0 Å². The molecule has 0 N–H and O–H groups in total. The van der Waals surface area contributed by atoms with Crippen molar-refractivity contribution < 1.29 is 4.42 Å². The van der Waals surface area contributed by atoms with Gasteiger partial charge in [-0.05, 0) is 109 Å². The van der Waals surface area contributed by atoms with Crippen LogP contribution < -0.4 is 4.90 Å². The normalized spacial score (nSPS) is 14.4. The number of fused-ring (bicyclic) bond motifs is 16. The van der Waals surface area contributed by atoms with E-state index in [-0.39, 0.29) is 5.41 Å². The number of benzene rings is 9. The average molecular weight is 766 g/mol. The first-order chi connectivity index (χ1) is 29.5. The van der Waals surface area contributed by atoms with Gasteiger partial charge >= 0.3 is 0 Å². The number of hydrogen-bond acceptors (Lipinski definition) is 2. The highest BCUT2D eigenvalue weighted by Crippen LogP contribution is 2.63. The minimum Gasteiger partial charge on any atom is -0.456 e. The van der Waals surface area contributed by atoms with E-state index in [0.29, 0.717) is 0 Å². The molecule has 9 aromatic carbocycles. The zero-order chi connectivity index (χ0) is 39.7. The highest BCUT2D eigenvalue weighted by Gasteiger charge is 2.51. The lowest BCUT2D eigenvalue weighted by atomic mass is 9.70. The summed E-state index contributed by atoms with van der Waals surface area (Å²) in [5.74, 6) is 0. The van der Waals surface area contributed by atoms with Crippen LogP contribution in [-0.2, 0) is 10.8 Å². The summed E-state index contributed by atoms with van der Waals surface area (Å²) < 4.78 is 6.58. The molecule has 0 saturated carbocycles. The van der Waals surface area contributed by atoms with Gasteiger partial charge in [-0.2, -0.15) is 0 Å². The number of nitrogens with zero attached hydrogens (tertiary/aromatic N) is 1. The topological polar surface area (TPSA) is 16.4 Å². The zero-order valence-electron chi connectivity index (χ0n) is 33.4. The molecular formula is C58H39NO. The van der Waals surface area contributed by atoms with Gasteiger partial charge in [0.2, 0.25) is 0 Å². The third-order valence-corrected chi connectivity index (χ3v) is 13.9. The van der Waals surface area contributed by atoms with Crippen molar-refractivity contribution in [2.24, 2.45) is 0 Å². The van der Waals surface area contributed by atoms with E-state index < -0.39 is 5.41 Å². The van der Waals surface area contributed by atoms with Crippen LogP contribution in [0.25, 0.3) is 66.4 Å². The number of anilines is 3. The molecule has 1 aromatic heterocycles. The van der Waals surface area contributed by atoms with Crippen molar-refractivity contribution in [2.75, 3.05) is 4.90 Å². The number of para-hydroxylation sites is 2. The molecule has 0 atom stereocenters. The fraction of sp³-hybridized carbons (Fsp3) is 0.0690. The summed E-state index contributed by atoms with van der Waals surface area (Å²) in [5.41, 5.74) is 22.8. The van der Waals surface area contributed by atoms with E-state index in [4.69, 9.17) is 4.42 Å². The zero-order valence-corrected chi connectivity index (χ0v) is 33.4. The van der Waals surface area contributed by atoms with Crippen LogP contribution in [0.3, 0.4) is 0 Å². The fourth-order valence-corrected chi connectivity index (χ4v) is 11.5. The summed E-state index contributed by atoms with van der Waals surface area (Å²) in [5, 5.41) is 2.20. The van der Waals surface area contributed by atoms with E-state index in [1.54, 1.807) is 0 Å². The Bertz CT molecular complexity index is 3390. The van der Waals surface area contributed by atoms with Gasteiger partial charge in [-0.3, -0.25) is 0 Å². The summed E-state index contributed by atoms with van der Waals surface area (Å²) in [6.07, 6.45) is 0. The largest absolute Gasteiger partial charge is 0.456 e. The van der Waals surface area contributed by atoms with Crippen molar-refractivity contribution in [1.29, 1.82) is 0 Å². The number of hydrogen-bond donors (Lipinski definition) is 0. The molecular weight excluding hydrogens is 727 g/mol. The second-order valence-electron chi connectivity index (χ2n) is 17.1. The summed E-state index contributed by atoms with van der Waals surface area (Å²) in [7, 11) is 0. The van der Waals surface area contributed by atoms with Gasteiger partial charge in [0.1, 0.15) is 11.2 Å². The minimum atomic E-state index is -0.411. The molecule has 1 spiro atoms. The second kappa shape index (κ2) is 12.1. The molecule has 282 valence electrons.